The second-order valence-corrected chi connectivity index (χ2v) is 19.4. The molecule has 5 aromatic rings. The smallest absolute Gasteiger partial charge is 0.410 e. The third-order valence-electron chi connectivity index (χ3n) is 14.3. The molecule has 0 radical (unpaired) electrons. The number of nitrogens with zero attached hydrogens (tertiary/aromatic N) is 5. The van der Waals surface area contributed by atoms with Gasteiger partial charge in [0, 0.05) is 48.3 Å². The number of carbonyl (C=O) groups is 5. The van der Waals surface area contributed by atoms with Crippen LogP contribution in [0.5, 0.6) is 11.5 Å². The van der Waals surface area contributed by atoms with Crippen LogP contribution in [0.2, 0.25) is 0 Å². The molecule has 3 unspecified atom stereocenters. The van der Waals surface area contributed by atoms with Crippen molar-refractivity contribution in [2.45, 2.75) is 96.2 Å². The molecule has 4 aliphatic heterocycles. The van der Waals surface area contributed by atoms with Gasteiger partial charge in [-0.25, -0.2) is 24.4 Å². The van der Waals surface area contributed by atoms with Gasteiger partial charge in [0.15, 0.2) is 11.5 Å². The number of alkyl halides is 2. The number of imidazole rings is 2. The lowest BCUT2D eigenvalue weighted by Gasteiger charge is -2.30. The van der Waals surface area contributed by atoms with Gasteiger partial charge in [0.2, 0.25) is 18.6 Å². The van der Waals surface area contributed by atoms with E-state index in [4.69, 9.17) is 23.7 Å². The first-order chi connectivity index (χ1) is 34.5. The molecule has 19 nitrogen and oxygen atoms in total. The number of halogens is 2. The van der Waals surface area contributed by atoms with E-state index >= 15 is 8.78 Å². The van der Waals surface area contributed by atoms with E-state index in [0.717, 1.165) is 17.5 Å². The van der Waals surface area contributed by atoms with Crippen molar-refractivity contribution >= 4 is 30.1 Å². The molecule has 2 saturated heterocycles. The van der Waals surface area contributed by atoms with Crippen molar-refractivity contribution in [1.29, 1.82) is 0 Å². The van der Waals surface area contributed by atoms with Crippen LogP contribution in [0.4, 0.5) is 23.2 Å². The molecular formula is C51H55F2N9O10. The van der Waals surface area contributed by atoms with Gasteiger partial charge < -0.3 is 54.1 Å². The van der Waals surface area contributed by atoms with E-state index in [-0.39, 0.29) is 48.6 Å². The van der Waals surface area contributed by atoms with Gasteiger partial charge in [0.1, 0.15) is 29.8 Å². The number of hydrogen-bond donors (Lipinski definition) is 4. The van der Waals surface area contributed by atoms with Crippen molar-refractivity contribution in [1.82, 2.24) is 45.3 Å². The Morgan fingerprint density at radius 1 is 0.736 bits per heavy atom. The molecule has 72 heavy (non-hydrogen) atoms. The van der Waals surface area contributed by atoms with Crippen LogP contribution in [0.1, 0.15) is 92.9 Å². The number of hydrogen-bond acceptors (Lipinski definition) is 12. The van der Waals surface area contributed by atoms with Crippen LogP contribution in [0, 0.1) is 11.8 Å². The predicted octanol–water partition coefficient (Wildman–Crippen LogP) is 7.54. The molecule has 10 rings (SSSR count). The maximum Gasteiger partial charge on any atom is 0.410 e. The highest BCUT2D eigenvalue weighted by molar-refractivity contribution is 5.88. The maximum atomic E-state index is 16.5. The fourth-order valence-electron chi connectivity index (χ4n) is 10.5. The summed E-state index contributed by atoms with van der Waals surface area (Å²) in [6.45, 7) is 8.47. The summed E-state index contributed by atoms with van der Waals surface area (Å²) < 4.78 is 59.6. The first-order valence-corrected chi connectivity index (χ1v) is 24.0. The minimum absolute atomic E-state index is 0.00822. The van der Waals surface area contributed by atoms with Crippen molar-refractivity contribution in [2.24, 2.45) is 11.8 Å². The van der Waals surface area contributed by atoms with Crippen LogP contribution in [0.25, 0.3) is 33.6 Å². The lowest BCUT2D eigenvalue weighted by Crippen LogP contribution is -2.51. The Hall–Kier alpha value is -7.71. The van der Waals surface area contributed by atoms with Gasteiger partial charge in [-0.3, -0.25) is 14.5 Å². The van der Waals surface area contributed by atoms with Gasteiger partial charge >= 0.3 is 18.3 Å². The molecule has 378 valence electrons. The van der Waals surface area contributed by atoms with Crippen LogP contribution in [-0.4, -0.2) is 117 Å². The van der Waals surface area contributed by atoms with E-state index in [9.17, 15) is 24.0 Å². The zero-order valence-corrected chi connectivity index (χ0v) is 40.5. The monoisotopic (exact) mass is 991 g/mol. The molecule has 3 aromatic carbocycles. The highest BCUT2D eigenvalue weighted by Crippen LogP contribution is 2.53. The lowest BCUT2D eigenvalue weighted by atomic mass is 10.0. The molecule has 6 heterocycles. The number of carbonyl (C=O) groups excluding carboxylic acids is 5. The number of nitrogens with one attached hydrogen (secondary N) is 4. The van der Waals surface area contributed by atoms with Gasteiger partial charge in [-0.1, -0.05) is 52.0 Å². The Bertz CT molecular complexity index is 2940. The van der Waals surface area contributed by atoms with Crippen LogP contribution in [0.3, 0.4) is 0 Å². The van der Waals surface area contributed by atoms with Crippen molar-refractivity contribution in [3.8, 4) is 45.1 Å². The number of H-pyrrole nitrogens is 2. The summed E-state index contributed by atoms with van der Waals surface area (Å²) in [5, 5.41) is 5.29. The number of methoxy groups -OCH3 is 2. The molecule has 0 bridgehead atoms. The normalized spacial score (nSPS) is 20.0. The summed E-state index contributed by atoms with van der Waals surface area (Å²) in [5.41, 5.74) is 4.25. The highest BCUT2D eigenvalue weighted by atomic mass is 19.3. The van der Waals surface area contributed by atoms with E-state index in [0.29, 0.717) is 82.8 Å². The lowest BCUT2D eigenvalue weighted by molar-refractivity contribution is -0.136. The van der Waals surface area contributed by atoms with Crippen molar-refractivity contribution in [2.75, 3.05) is 34.1 Å². The van der Waals surface area contributed by atoms with E-state index in [1.165, 1.54) is 31.3 Å². The molecule has 0 spiro atoms. The van der Waals surface area contributed by atoms with E-state index in [1.807, 2.05) is 26.0 Å². The topological polar surface area (TPSA) is 223 Å². The van der Waals surface area contributed by atoms with Gasteiger partial charge in [0.05, 0.1) is 56.6 Å². The van der Waals surface area contributed by atoms with E-state index in [1.54, 1.807) is 60.3 Å². The van der Waals surface area contributed by atoms with Gasteiger partial charge in [-0.05, 0) is 71.2 Å². The molecule has 0 saturated carbocycles. The number of aromatic amines is 2. The number of ether oxygens (including phenoxy) is 5. The Morgan fingerprint density at radius 3 is 1.90 bits per heavy atom. The number of likely N-dealkylation sites (tertiary alicyclic amines) is 2. The molecule has 2 aromatic heterocycles. The van der Waals surface area contributed by atoms with Gasteiger partial charge in [0.25, 0.3) is 5.92 Å². The first-order valence-electron chi connectivity index (χ1n) is 24.0. The van der Waals surface area contributed by atoms with E-state index in [2.05, 4.69) is 30.6 Å². The van der Waals surface area contributed by atoms with Crippen LogP contribution in [0.15, 0.2) is 60.9 Å². The number of amides is 5. The Balaban J connectivity index is 0.880. The number of fused-ring (bicyclic) bond motifs is 5. The first kappa shape index (κ1) is 47.9. The number of benzene rings is 3. The third kappa shape index (κ3) is 8.67. The second-order valence-electron chi connectivity index (χ2n) is 19.4. The summed E-state index contributed by atoms with van der Waals surface area (Å²) >= 11 is 0. The minimum Gasteiger partial charge on any atom is -0.454 e. The van der Waals surface area contributed by atoms with Crippen LogP contribution in [-0.2, 0) is 42.8 Å². The molecule has 1 aliphatic carbocycles. The third-order valence-corrected chi connectivity index (χ3v) is 14.3. The number of aromatic nitrogens is 4. The molecular weight excluding hydrogens is 937 g/mol. The number of alkyl carbamates (subject to hydrolysis) is 2. The average molecular weight is 992 g/mol. The largest absolute Gasteiger partial charge is 0.454 e. The van der Waals surface area contributed by atoms with E-state index < -0.39 is 60.4 Å². The molecule has 5 aliphatic rings. The maximum absolute atomic E-state index is 16.5. The van der Waals surface area contributed by atoms with Gasteiger partial charge in [-0.2, -0.15) is 8.78 Å². The van der Waals surface area contributed by atoms with Gasteiger partial charge in [-0.15, -0.1) is 0 Å². The fourth-order valence-corrected chi connectivity index (χ4v) is 10.5. The zero-order valence-electron chi connectivity index (χ0n) is 40.5. The highest BCUT2D eigenvalue weighted by Gasteiger charge is 2.46. The molecule has 5 atom stereocenters. The minimum atomic E-state index is -3.34. The summed E-state index contributed by atoms with van der Waals surface area (Å²) in [5.74, 6) is -2.46. The van der Waals surface area contributed by atoms with Crippen molar-refractivity contribution < 1.29 is 56.4 Å². The van der Waals surface area contributed by atoms with Crippen molar-refractivity contribution in [3.63, 3.8) is 0 Å². The SMILES string of the molecule is COC(=O)N[C@H](C(=O)N1CCCC1c1ncc(-c2ccc3c(c2)C(F)(F)c2ccc(-c4cnc(C5CC(OC(=O)N6Cc7cc8c(cc7C6)OCO8)CN5C(=O)[C@@H](NC(=O)OC)C(C)C)[nH]4)cc2-3)[nH]1)C(C)C. The Morgan fingerprint density at radius 2 is 1.31 bits per heavy atom. The average Bonchev–Trinajstić information content (AvgIpc) is 4.24. The molecule has 2 fully saturated rings. The summed E-state index contributed by atoms with van der Waals surface area (Å²) in [6, 6.07) is 10.4. The van der Waals surface area contributed by atoms with Crippen LogP contribution >= 0.6 is 0 Å². The molecule has 4 N–H and O–H groups in total. The molecule has 5 amide bonds. The summed E-state index contributed by atoms with van der Waals surface area (Å²) in [6.07, 6.45) is 1.89. The Kier molecular flexibility index (Phi) is 12.5. The number of rotatable bonds is 11. The second kappa shape index (κ2) is 18.8. The fraction of sp³-hybridized carbons (Fsp3) is 0.431. The standard InChI is InChI=1S/C51H55F2N9O10/c1-25(2)42(58-48(65)68-5)46(63)61-13-7-8-38(61)44-54-20-37(56-44)28-9-11-32-33-14-27(10-12-34(33)51(52,53)35(32)15-28)36-19-55-45(57-36)39-18-31(23-62(39)47(64)43(26(3)4)59-49(66)69-6)72-50(67)60-21-29-16-40-41(71-24-70-40)17-30(29)22-60/h9-12,14-17,19-20,25-26,31,38-39,42-43H,7-8,13,18,21-24H2,1-6H3,(H,54,56)(H,55,57)(H,58,65)(H,59,66)/t31?,38?,39?,42-,43-/m0/s1. The summed E-state index contributed by atoms with van der Waals surface area (Å²) in [4.78, 5) is 86.9. The predicted molar refractivity (Wildman–Crippen MR) is 253 cm³/mol. The molecule has 21 heteroatoms. The van der Waals surface area contributed by atoms with Crippen LogP contribution < -0.4 is 20.1 Å². The Labute approximate surface area is 412 Å². The quantitative estimate of drug-likeness (QED) is 0.0943. The van der Waals surface area contributed by atoms with Crippen molar-refractivity contribution in [3.05, 3.63) is 94.8 Å². The zero-order chi connectivity index (χ0) is 50.7. The summed E-state index contributed by atoms with van der Waals surface area (Å²) in [7, 11) is 2.45.